The predicted molar refractivity (Wildman–Crippen MR) is 110 cm³/mol. The number of hydrogen-bond donors (Lipinski definition) is 1. The van der Waals surface area contributed by atoms with Crippen molar-refractivity contribution in [2.45, 2.75) is 19.4 Å². The molecule has 1 aliphatic heterocycles. The van der Waals surface area contributed by atoms with Crippen LogP contribution in [0.25, 0.3) is 4.96 Å². The summed E-state index contributed by atoms with van der Waals surface area (Å²) in [5, 5.41) is 16.1. The van der Waals surface area contributed by atoms with Gasteiger partial charge in [-0.05, 0) is 24.0 Å². The van der Waals surface area contributed by atoms with E-state index in [0.29, 0.717) is 16.3 Å². The molecular weight excluding hydrogens is 396 g/mol. The van der Waals surface area contributed by atoms with Gasteiger partial charge in [0.2, 0.25) is 17.6 Å². The molecule has 3 aromatic rings. The molecule has 0 aliphatic carbocycles. The first-order chi connectivity index (χ1) is 13.9. The van der Waals surface area contributed by atoms with Gasteiger partial charge in [0.05, 0.1) is 17.9 Å². The first-order valence-electron chi connectivity index (χ1n) is 8.89. The van der Waals surface area contributed by atoms with Crippen LogP contribution in [0.3, 0.4) is 0 Å². The smallest absolute Gasteiger partial charge is 0.358 e. The van der Waals surface area contributed by atoms with E-state index in [9.17, 15) is 19.7 Å². The Hall–Kier alpha value is -3.47. The van der Waals surface area contributed by atoms with E-state index in [4.69, 9.17) is 0 Å². The molecule has 0 radical (unpaired) electrons. The third-order valence-corrected chi connectivity index (χ3v) is 5.51. The number of carbonyl (C=O) groups excluding carboxylic acids is 2. The Labute approximate surface area is 169 Å². The quantitative estimate of drug-likeness (QED) is 0.518. The Morgan fingerprint density at radius 3 is 2.97 bits per heavy atom. The molecule has 4 rings (SSSR count). The molecule has 1 unspecified atom stereocenters. The minimum absolute atomic E-state index is 0.125. The average Bonchev–Trinajstić information content (AvgIpc) is 3.20. The normalized spacial score (nSPS) is 16.3. The van der Waals surface area contributed by atoms with Crippen LogP contribution in [0.5, 0.6) is 0 Å². The van der Waals surface area contributed by atoms with Crippen molar-refractivity contribution in [2.75, 3.05) is 28.7 Å². The number of aromatic nitrogens is 2. The molecule has 150 valence electrons. The molecule has 11 heteroatoms. The molecule has 3 heterocycles. The maximum atomic E-state index is 13.2. The number of hydrogen-bond acceptors (Lipinski definition) is 7. The number of para-hydroxylation sites is 2. The monoisotopic (exact) mass is 414 g/mol. The Morgan fingerprint density at radius 2 is 2.21 bits per heavy atom. The molecule has 0 bridgehead atoms. The fourth-order valence-corrected chi connectivity index (χ4v) is 4.21. The molecule has 29 heavy (non-hydrogen) atoms. The van der Waals surface area contributed by atoms with Gasteiger partial charge >= 0.3 is 5.82 Å². The van der Waals surface area contributed by atoms with E-state index in [2.05, 4.69) is 10.3 Å². The van der Waals surface area contributed by atoms with Crippen molar-refractivity contribution >= 4 is 51.1 Å². The average molecular weight is 414 g/mol. The standard InChI is InChI=1S/C18H18N6O4S/c1-11-9-14(25)19-12-5-3-4-6-13(12)23(11)15(26)10-21(2)16-17(24(27)28)22-7-8-29-18(22)20-16/h3-8,11H,9-10H2,1-2H3,(H,19,25). The van der Waals surface area contributed by atoms with Crippen LogP contribution in [-0.2, 0) is 9.59 Å². The van der Waals surface area contributed by atoms with Gasteiger partial charge in [0.1, 0.15) is 6.20 Å². The molecule has 0 fully saturated rings. The number of nitro groups is 1. The number of fused-ring (bicyclic) bond motifs is 2. The number of imidazole rings is 1. The molecule has 0 spiro atoms. The van der Waals surface area contributed by atoms with Crippen LogP contribution >= 0.6 is 11.3 Å². The molecule has 0 saturated carbocycles. The maximum Gasteiger partial charge on any atom is 0.373 e. The van der Waals surface area contributed by atoms with Crippen LogP contribution in [0.4, 0.5) is 23.0 Å². The van der Waals surface area contributed by atoms with Crippen LogP contribution < -0.4 is 15.1 Å². The number of rotatable bonds is 4. The van der Waals surface area contributed by atoms with Crippen molar-refractivity contribution < 1.29 is 14.5 Å². The number of anilines is 3. The van der Waals surface area contributed by atoms with Gasteiger partial charge in [-0.25, -0.2) is 0 Å². The molecule has 1 aliphatic rings. The molecule has 1 aromatic carbocycles. The number of carbonyl (C=O) groups is 2. The third-order valence-electron chi connectivity index (χ3n) is 4.75. The van der Waals surface area contributed by atoms with Crippen LogP contribution in [0.1, 0.15) is 13.3 Å². The SMILES string of the molecule is CC1CC(=O)Nc2ccccc2N1C(=O)CN(C)c1nc2sccn2c1[N+](=O)[O-]. The summed E-state index contributed by atoms with van der Waals surface area (Å²) in [7, 11) is 1.59. The van der Waals surface area contributed by atoms with Crippen molar-refractivity contribution in [2.24, 2.45) is 0 Å². The van der Waals surface area contributed by atoms with E-state index >= 15 is 0 Å². The van der Waals surface area contributed by atoms with Gasteiger partial charge in [-0.3, -0.25) is 9.59 Å². The van der Waals surface area contributed by atoms with Crippen molar-refractivity contribution in [3.05, 3.63) is 46.0 Å². The van der Waals surface area contributed by atoms with Crippen molar-refractivity contribution in [1.82, 2.24) is 9.38 Å². The van der Waals surface area contributed by atoms with Crippen LogP contribution in [-0.4, -0.2) is 45.8 Å². The second-order valence-corrected chi connectivity index (χ2v) is 7.68. The van der Waals surface area contributed by atoms with Gasteiger partial charge in [-0.2, -0.15) is 9.38 Å². The van der Waals surface area contributed by atoms with E-state index in [1.807, 2.05) is 0 Å². The summed E-state index contributed by atoms with van der Waals surface area (Å²) in [6.07, 6.45) is 1.74. The molecular formula is C18H18N6O4S. The molecule has 0 saturated heterocycles. The number of thiazole rings is 1. The van der Waals surface area contributed by atoms with Gasteiger partial charge in [0.25, 0.3) is 4.96 Å². The van der Waals surface area contributed by atoms with E-state index < -0.39 is 4.92 Å². The lowest BCUT2D eigenvalue weighted by Crippen LogP contribution is -2.44. The molecule has 1 N–H and O–H groups in total. The van der Waals surface area contributed by atoms with Crippen LogP contribution in [0.2, 0.25) is 0 Å². The van der Waals surface area contributed by atoms with E-state index in [0.717, 1.165) is 0 Å². The number of amides is 2. The van der Waals surface area contributed by atoms with Crippen LogP contribution in [0.15, 0.2) is 35.8 Å². The lowest BCUT2D eigenvalue weighted by Gasteiger charge is -2.29. The molecule has 2 aromatic heterocycles. The van der Waals surface area contributed by atoms with Crippen molar-refractivity contribution in [3.63, 3.8) is 0 Å². The van der Waals surface area contributed by atoms with E-state index in [-0.39, 0.29) is 42.5 Å². The van der Waals surface area contributed by atoms with Crippen LogP contribution in [0, 0.1) is 10.1 Å². The minimum Gasteiger partial charge on any atom is -0.358 e. The highest BCUT2D eigenvalue weighted by Gasteiger charge is 2.32. The number of benzene rings is 1. The lowest BCUT2D eigenvalue weighted by molar-refractivity contribution is -0.389. The molecule has 2 amide bonds. The van der Waals surface area contributed by atoms with Crippen molar-refractivity contribution in [1.29, 1.82) is 0 Å². The highest BCUT2D eigenvalue weighted by atomic mass is 32.1. The second-order valence-electron chi connectivity index (χ2n) is 6.81. The fraction of sp³-hybridized carbons (Fsp3) is 0.278. The Morgan fingerprint density at radius 1 is 1.45 bits per heavy atom. The summed E-state index contributed by atoms with van der Waals surface area (Å²) in [6, 6.07) is 6.72. The van der Waals surface area contributed by atoms with Gasteiger partial charge in [0, 0.05) is 24.9 Å². The summed E-state index contributed by atoms with van der Waals surface area (Å²) in [6.45, 7) is 1.67. The zero-order valence-electron chi connectivity index (χ0n) is 15.7. The number of nitrogens with one attached hydrogen (secondary N) is 1. The second kappa shape index (κ2) is 7.17. The van der Waals surface area contributed by atoms with Gasteiger partial charge < -0.3 is 25.2 Å². The molecule has 1 atom stereocenters. The Kier molecular flexibility index (Phi) is 4.66. The van der Waals surface area contributed by atoms with Gasteiger partial charge in [-0.15, -0.1) is 0 Å². The fourth-order valence-electron chi connectivity index (χ4n) is 3.51. The van der Waals surface area contributed by atoms with Gasteiger partial charge in [-0.1, -0.05) is 23.5 Å². The maximum absolute atomic E-state index is 13.2. The van der Waals surface area contributed by atoms with E-state index in [1.54, 1.807) is 54.7 Å². The minimum atomic E-state index is -0.504. The highest BCUT2D eigenvalue weighted by molar-refractivity contribution is 7.15. The first kappa shape index (κ1) is 18.9. The summed E-state index contributed by atoms with van der Waals surface area (Å²) >= 11 is 1.28. The lowest BCUT2D eigenvalue weighted by atomic mass is 10.1. The topological polar surface area (TPSA) is 113 Å². The molecule has 10 nitrogen and oxygen atoms in total. The zero-order valence-corrected chi connectivity index (χ0v) is 16.5. The zero-order chi connectivity index (χ0) is 20.7. The predicted octanol–water partition coefficient (Wildman–Crippen LogP) is 2.50. The van der Waals surface area contributed by atoms with Crippen molar-refractivity contribution in [3.8, 4) is 0 Å². The van der Waals surface area contributed by atoms with E-state index in [1.165, 1.54) is 20.6 Å². The third kappa shape index (κ3) is 3.29. The number of nitrogens with zero attached hydrogens (tertiary/aromatic N) is 5. The van der Waals surface area contributed by atoms with Gasteiger partial charge in [0.15, 0.2) is 0 Å². The first-order valence-corrected chi connectivity index (χ1v) is 9.76. The number of likely N-dealkylation sites (N-methyl/N-ethyl adjacent to an activating group) is 1. The summed E-state index contributed by atoms with van der Waals surface area (Å²) < 4.78 is 1.40. The highest BCUT2D eigenvalue weighted by Crippen LogP contribution is 2.33. The summed E-state index contributed by atoms with van der Waals surface area (Å²) in [4.78, 5) is 44.2. The Balaban J connectivity index is 1.66. The summed E-state index contributed by atoms with van der Waals surface area (Å²) in [5.41, 5.74) is 1.16. The Bertz CT molecular complexity index is 1120. The largest absolute Gasteiger partial charge is 0.373 e. The summed E-state index contributed by atoms with van der Waals surface area (Å²) in [5.74, 6) is -0.508.